The van der Waals surface area contributed by atoms with Crippen molar-refractivity contribution in [3.8, 4) is 17.0 Å². The molecule has 1 heterocycles. The van der Waals surface area contributed by atoms with Gasteiger partial charge in [0.25, 0.3) is 0 Å². The van der Waals surface area contributed by atoms with Crippen LogP contribution in [0.25, 0.3) is 22.2 Å². The van der Waals surface area contributed by atoms with E-state index in [-0.39, 0.29) is 5.69 Å². The van der Waals surface area contributed by atoms with Gasteiger partial charge in [0.1, 0.15) is 5.75 Å². The maximum atomic E-state index is 11.9. The van der Waals surface area contributed by atoms with Gasteiger partial charge in [0.05, 0.1) is 17.8 Å². The molecule has 3 aromatic rings. The van der Waals surface area contributed by atoms with Gasteiger partial charge in [-0.05, 0) is 24.6 Å². The number of H-pyrrole nitrogens is 1. The van der Waals surface area contributed by atoms with Crippen LogP contribution in [0, 0.1) is 0 Å². The van der Waals surface area contributed by atoms with Crippen LogP contribution < -0.4 is 10.4 Å². The summed E-state index contributed by atoms with van der Waals surface area (Å²) >= 11 is 0. The minimum absolute atomic E-state index is 0.348. The number of hydrogen-bond acceptors (Lipinski definition) is 3. The summed E-state index contributed by atoms with van der Waals surface area (Å²) in [4.78, 5) is 18.8. The average Bonchev–Trinajstić information content (AvgIpc) is 2.58. The zero-order chi connectivity index (χ0) is 16.1. The summed E-state index contributed by atoms with van der Waals surface area (Å²) in [7, 11) is 0. The predicted molar refractivity (Wildman–Crippen MR) is 92.8 cm³/mol. The molecule has 0 aliphatic rings. The van der Waals surface area contributed by atoms with Crippen molar-refractivity contribution < 1.29 is 4.74 Å². The lowest BCUT2D eigenvalue weighted by molar-refractivity contribution is 0.307. The first-order valence-electron chi connectivity index (χ1n) is 8.01. The van der Waals surface area contributed by atoms with Crippen LogP contribution in [-0.2, 0) is 0 Å². The number of fused-ring (bicyclic) bond motifs is 1. The highest BCUT2D eigenvalue weighted by molar-refractivity contribution is 5.93. The number of nitrogens with zero attached hydrogens (tertiary/aromatic N) is 1. The Bertz CT molecular complexity index is 855. The maximum Gasteiger partial charge on any atom is 0.345 e. The Morgan fingerprint density at radius 1 is 1.04 bits per heavy atom. The predicted octanol–water partition coefficient (Wildman–Crippen LogP) is 4.16. The molecule has 1 N–H and O–H groups in total. The third kappa shape index (κ3) is 3.42. The highest BCUT2D eigenvalue weighted by Crippen LogP contribution is 2.32. The van der Waals surface area contributed by atoms with Crippen LogP contribution in [-0.4, -0.2) is 16.6 Å². The molecule has 0 aliphatic carbocycles. The first-order valence-corrected chi connectivity index (χ1v) is 8.01. The second-order valence-corrected chi connectivity index (χ2v) is 5.49. The standard InChI is InChI=1S/C19H20N2O2/c1-2-3-8-13-23-17-12-7-5-10-15(17)18-14-9-4-6-11-16(14)20-19(22)21-18/h4-7,9-12H,2-3,8,13H2,1H3,(H,20,21,22). The van der Waals surface area contributed by atoms with Gasteiger partial charge in [-0.15, -0.1) is 0 Å². The summed E-state index contributed by atoms with van der Waals surface area (Å²) in [6, 6.07) is 15.4. The lowest BCUT2D eigenvalue weighted by Crippen LogP contribution is -2.11. The average molecular weight is 308 g/mol. The number of unbranched alkanes of at least 4 members (excludes halogenated alkanes) is 2. The molecule has 0 aliphatic heterocycles. The lowest BCUT2D eigenvalue weighted by Gasteiger charge is -2.12. The second kappa shape index (κ2) is 7.09. The molecule has 0 spiro atoms. The minimum Gasteiger partial charge on any atom is -0.493 e. The zero-order valence-electron chi connectivity index (χ0n) is 13.2. The summed E-state index contributed by atoms with van der Waals surface area (Å²) in [6.07, 6.45) is 3.33. The Hall–Kier alpha value is -2.62. The van der Waals surface area contributed by atoms with Gasteiger partial charge in [0.2, 0.25) is 0 Å². The number of aromatic nitrogens is 2. The summed E-state index contributed by atoms with van der Waals surface area (Å²) in [5.74, 6) is 0.770. The van der Waals surface area contributed by atoms with Gasteiger partial charge in [0.15, 0.2) is 0 Å². The van der Waals surface area contributed by atoms with Gasteiger partial charge < -0.3 is 9.72 Å². The third-order valence-electron chi connectivity index (χ3n) is 3.78. The Morgan fingerprint density at radius 2 is 1.83 bits per heavy atom. The summed E-state index contributed by atoms with van der Waals surface area (Å²) in [5, 5.41) is 0.914. The molecule has 0 bridgehead atoms. The fourth-order valence-electron chi connectivity index (χ4n) is 2.63. The van der Waals surface area contributed by atoms with Gasteiger partial charge >= 0.3 is 5.69 Å². The lowest BCUT2D eigenvalue weighted by atomic mass is 10.1. The van der Waals surface area contributed by atoms with Gasteiger partial charge in [-0.3, -0.25) is 0 Å². The third-order valence-corrected chi connectivity index (χ3v) is 3.78. The number of aromatic amines is 1. The molecule has 23 heavy (non-hydrogen) atoms. The normalized spacial score (nSPS) is 10.8. The van der Waals surface area contributed by atoms with Crippen molar-refractivity contribution in [2.45, 2.75) is 26.2 Å². The minimum atomic E-state index is -0.348. The number of hydrogen-bond donors (Lipinski definition) is 1. The van der Waals surface area contributed by atoms with Gasteiger partial charge in [-0.2, -0.15) is 4.98 Å². The molecule has 3 rings (SSSR count). The molecule has 0 fully saturated rings. The highest BCUT2D eigenvalue weighted by Gasteiger charge is 2.12. The van der Waals surface area contributed by atoms with Crippen molar-refractivity contribution in [1.29, 1.82) is 0 Å². The second-order valence-electron chi connectivity index (χ2n) is 5.49. The molecular weight excluding hydrogens is 288 g/mol. The smallest absolute Gasteiger partial charge is 0.345 e. The largest absolute Gasteiger partial charge is 0.493 e. The van der Waals surface area contributed by atoms with Crippen LogP contribution in [0.2, 0.25) is 0 Å². The van der Waals surface area contributed by atoms with E-state index in [1.807, 2.05) is 48.5 Å². The Morgan fingerprint density at radius 3 is 2.70 bits per heavy atom. The Kier molecular flexibility index (Phi) is 4.71. The fourth-order valence-corrected chi connectivity index (χ4v) is 2.63. The number of rotatable bonds is 6. The number of para-hydroxylation sites is 2. The molecular formula is C19H20N2O2. The molecule has 0 radical (unpaired) electrons. The van der Waals surface area contributed by atoms with Crippen molar-refractivity contribution in [2.75, 3.05) is 6.61 Å². The van der Waals surface area contributed by atoms with Crippen LogP contribution in [0.1, 0.15) is 26.2 Å². The van der Waals surface area contributed by atoms with Crippen molar-refractivity contribution in [3.05, 3.63) is 59.0 Å². The summed E-state index contributed by atoms with van der Waals surface area (Å²) in [5.41, 5.74) is 1.95. The van der Waals surface area contributed by atoms with E-state index in [2.05, 4.69) is 16.9 Å². The maximum absolute atomic E-state index is 11.9. The van der Waals surface area contributed by atoms with Crippen molar-refractivity contribution in [1.82, 2.24) is 9.97 Å². The van der Waals surface area contributed by atoms with Crippen LogP contribution in [0.15, 0.2) is 53.3 Å². The summed E-state index contributed by atoms with van der Waals surface area (Å²) < 4.78 is 5.93. The van der Waals surface area contributed by atoms with E-state index in [1.165, 1.54) is 0 Å². The number of benzene rings is 2. The molecule has 0 saturated heterocycles. The topological polar surface area (TPSA) is 55.0 Å². The highest BCUT2D eigenvalue weighted by atomic mass is 16.5. The van der Waals surface area contributed by atoms with E-state index in [9.17, 15) is 4.79 Å². The summed E-state index contributed by atoms with van der Waals surface area (Å²) in [6.45, 7) is 2.84. The van der Waals surface area contributed by atoms with Crippen LogP contribution >= 0.6 is 0 Å². The van der Waals surface area contributed by atoms with Gasteiger partial charge in [-0.25, -0.2) is 4.79 Å². The van der Waals surface area contributed by atoms with Gasteiger partial charge in [0, 0.05) is 10.9 Å². The van der Waals surface area contributed by atoms with E-state index in [0.29, 0.717) is 12.3 Å². The first-order chi connectivity index (χ1) is 11.3. The molecule has 0 amide bonds. The van der Waals surface area contributed by atoms with Crippen molar-refractivity contribution in [3.63, 3.8) is 0 Å². The molecule has 0 saturated carbocycles. The molecule has 1 aromatic heterocycles. The van der Waals surface area contributed by atoms with E-state index in [1.54, 1.807) is 0 Å². The van der Waals surface area contributed by atoms with E-state index >= 15 is 0 Å². The molecule has 0 unspecified atom stereocenters. The quantitative estimate of drug-likeness (QED) is 0.696. The fraction of sp³-hybridized carbons (Fsp3) is 0.263. The molecule has 118 valence electrons. The molecule has 0 atom stereocenters. The SMILES string of the molecule is CCCCCOc1ccccc1-c1nc(=O)[nH]c2ccccc12. The molecule has 2 aromatic carbocycles. The van der Waals surface area contributed by atoms with Crippen molar-refractivity contribution >= 4 is 10.9 Å². The molecule has 4 heteroatoms. The van der Waals surface area contributed by atoms with E-state index in [0.717, 1.165) is 41.5 Å². The van der Waals surface area contributed by atoms with Crippen molar-refractivity contribution in [2.24, 2.45) is 0 Å². The Balaban J connectivity index is 2.04. The van der Waals surface area contributed by atoms with E-state index < -0.39 is 0 Å². The van der Waals surface area contributed by atoms with E-state index in [4.69, 9.17) is 4.74 Å². The first kappa shape index (κ1) is 15.3. The monoisotopic (exact) mass is 308 g/mol. The number of nitrogens with one attached hydrogen (secondary N) is 1. The molecule has 4 nitrogen and oxygen atoms in total. The van der Waals surface area contributed by atoms with Crippen LogP contribution in [0.5, 0.6) is 5.75 Å². The van der Waals surface area contributed by atoms with Crippen LogP contribution in [0.3, 0.4) is 0 Å². The zero-order valence-corrected chi connectivity index (χ0v) is 13.2. The Labute approximate surface area is 135 Å². The van der Waals surface area contributed by atoms with Gasteiger partial charge in [-0.1, -0.05) is 50.1 Å². The van der Waals surface area contributed by atoms with Crippen LogP contribution in [0.4, 0.5) is 0 Å². The number of ether oxygens (including phenoxy) is 1.